The number of nitrogens with zero attached hydrogens (tertiary/aromatic N) is 2. The molecule has 32 heavy (non-hydrogen) atoms. The van der Waals surface area contributed by atoms with Gasteiger partial charge in [-0.25, -0.2) is 9.18 Å². The van der Waals surface area contributed by atoms with Gasteiger partial charge in [-0.15, -0.1) is 11.8 Å². The Balaban J connectivity index is 1.75. The lowest BCUT2D eigenvalue weighted by Gasteiger charge is -2.39. The molecular formula is C22H23ClF4N2O2S. The van der Waals surface area contributed by atoms with E-state index in [1.807, 2.05) is 4.90 Å². The molecule has 0 saturated carbocycles. The molecule has 0 N–H and O–H groups in total. The highest BCUT2D eigenvalue weighted by atomic mass is 35.5. The van der Waals surface area contributed by atoms with Gasteiger partial charge in [0.15, 0.2) is 0 Å². The molecule has 0 bridgehead atoms. The molecule has 0 spiro atoms. The van der Waals surface area contributed by atoms with Gasteiger partial charge in [0.05, 0.1) is 18.6 Å². The molecule has 2 aromatic carbocycles. The second kappa shape index (κ2) is 10.3. The molecule has 0 aromatic heterocycles. The van der Waals surface area contributed by atoms with Crippen LogP contribution in [0.25, 0.3) is 0 Å². The predicted molar refractivity (Wildman–Crippen MR) is 118 cm³/mol. The number of anilines is 1. The summed E-state index contributed by atoms with van der Waals surface area (Å²) in [7, 11) is 1.32. The summed E-state index contributed by atoms with van der Waals surface area (Å²) >= 11 is 6.60. The number of methoxy groups -OCH3 is 1. The Labute approximate surface area is 193 Å². The zero-order valence-electron chi connectivity index (χ0n) is 17.6. The fourth-order valence-corrected chi connectivity index (χ4v) is 4.60. The number of esters is 1. The Morgan fingerprint density at radius 1 is 1.16 bits per heavy atom. The second-order valence-corrected chi connectivity index (χ2v) is 8.93. The minimum absolute atomic E-state index is 0.265. The first kappa shape index (κ1) is 24.7. The molecule has 1 unspecified atom stereocenters. The van der Waals surface area contributed by atoms with Crippen molar-refractivity contribution in [2.75, 3.05) is 43.9 Å². The van der Waals surface area contributed by atoms with Crippen molar-refractivity contribution in [1.29, 1.82) is 0 Å². The number of hydrogen-bond acceptors (Lipinski definition) is 5. The number of hydrogen-bond donors (Lipinski definition) is 0. The van der Waals surface area contributed by atoms with Crippen LogP contribution in [0.2, 0.25) is 5.02 Å². The Bertz CT molecular complexity index is 948. The molecule has 10 heteroatoms. The summed E-state index contributed by atoms with van der Waals surface area (Å²) in [6.07, 6.45) is -4.30. The van der Waals surface area contributed by atoms with Gasteiger partial charge in [-0.3, -0.25) is 4.90 Å². The molecule has 1 atom stereocenters. The SMILES string of the molecule is COC(=O)C(c1ccc(Cl)cc1)N1CCN(c2cc(SCC(F)(F)F)c(C)cc2F)CC1. The smallest absolute Gasteiger partial charge is 0.398 e. The molecule has 1 saturated heterocycles. The Kier molecular flexibility index (Phi) is 7.95. The summed E-state index contributed by atoms with van der Waals surface area (Å²) in [4.78, 5) is 16.6. The first-order chi connectivity index (χ1) is 15.1. The van der Waals surface area contributed by atoms with Gasteiger partial charge < -0.3 is 9.64 Å². The number of carbonyl (C=O) groups is 1. The standard InChI is InChI=1S/C22H23ClF4N2O2S/c1-14-11-17(24)18(12-19(14)32-13-22(25,26)27)28-7-9-29(10-8-28)20(21(30)31-2)15-3-5-16(23)6-4-15/h3-6,11-12,20H,7-10,13H2,1-2H3. The van der Waals surface area contributed by atoms with Crippen LogP contribution in [0.15, 0.2) is 41.3 Å². The van der Waals surface area contributed by atoms with E-state index in [0.29, 0.717) is 53.4 Å². The van der Waals surface area contributed by atoms with Crippen LogP contribution in [0.1, 0.15) is 17.2 Å². The summed E-state index contributed by atoms with van der Waals surface area (Å²) in [6, 6.07) is 9.05. The molecule has 2 aromatic rings. The zero-order chi connectivity index (χ0) is 23.5. The topological polar surface area (TPSA) is 32.8 Å². The number of carbonyl (C=O) groups excluding carboxylic acids is 1. The summed E-state index contributed by atoms with van der Waals surface area (Å²) in [5.74, 6) is -1.92. The molecule has 3 rings (SSSR count). The predicted octanol–water partition coefficient (Wildman–Crippen LogP) is 5.48. The summed E-state index contributed by atoms with van der Waals surface area (Å²) in [6.45, 7) is 3.30. The monoisotopic (exact) mass is 490 g/mol. The van der Waals surface area contributed by atoms with E-state index in [4.69, 9.17) is 16.3 Å². The Morgan fingerprint density at radius 3 is 2.34 bits per heavy atom. The van der Waals surface area contributed by atoms with E-state index in [1.54, 1.807) is 36.1 Å². The number of alkyl halides is 3. The molecule has 0 radical (unpaired) electrons. The van der Waals surface area contributed by atoms with Crippen LogP contribution in [0.4, 0.5) is 23.2 Å². The van der Waals surface area contributed by atoms with Crippen molar-refractivity contribution in [3.8, 4) is 0 Å². The summed E-state index contributed by atoms with van der Waals surface area (Å²) in [5.41, 5.74) is 1.47. The van der Waals surface area contributed by atoms with Crippen molar-refractivity contribution < 1.29 is 27.1 Å². The molecule has 4 nitrogen and oxygen atoms in total. The number of piperazine rings is 1. The highest BCUT2D eigenvalue weighted by molar-refractivity contribution is 7.99. The van der Waals surface area contributed by atoms with Crippen molar-refractivity contribution in [1.82, 2.24) is 4.90 Å². The lowest BCUT2D eigenvalue weighted by Crippen LogP contribution is -2.49. The minimum atomic E-state index is -4.30. The van der Waals surface area contributed by atoms with Gasteiger partial charge >= 0.3 is 12.1 Å². The van der Waals surface area contributed by atoms with Gasteiger partial charge in [-0.1, -0.05) is 23.7 Å². The van der Waals surface area contributed by atoms with Gasteiger partial charge in [0.25, 0.3) is 0 Å². The van der Waals surface area contributed by atoms with Gasteiger partial charge in [0.2, 0.25) is 0 Å². The number of aryl methyl sites for hydroxylation is 1. The van der Waals surface area contributed by atoms with Crippen LogP contribution < -0.4 is 4.90 Å². The van der Waals surface area contributed by atoms with Crippen LogP contribution in [0.5, 0.6) is 0 Å². The third-order valence-corrected chi connectivity index (χ3v) is 6.74. The average Bonchev–Trinajstić information content (AvgIpc) is 2.74. The van der Waals surface area contributed by atoms with E-state index in [1.165, 1.54) is 19.2 Å². The van der Waals surface area contributed by atoms with Gasteiger partial charge in [0.1, 0.15) is 11.9 Å². The van der Waals surface area contributed by atoms with Crippen molar-refractivity contribution in [2.24, 2.45) is 0 Å². The first-order valence-electron chi connectivity index (χ1n) is 9.91. The zero-order valence-corrected chi connectivity index (χ0v) is 19.2. The third-order valence-electron chi connectivity index (χ3n) is 5.27. The van der Waals surface area contributed by atoms with E-state index in [-0.39, 0.29) is 5.69 Å². The molecule has 1 aliphatic heterocycles. The minimum Gasteiger partial charge on any atom is -0.468 e. The Morgan fingerprint density at radius 2 is 1.78 bits per heavy atom. The van der Waals surface area contributed by atoms with Crippen molar-refractivity contribution in [3.63, 3.8) is 0 Å². The van der Waals surface area contributed by atoms with Gasteiger partial charge in [0, 0.05) is 36.1 Å². The fraction of sp³-hybridized carbons (Fsp3) is 0.409. The maximum atomic E-state index is 14.7. The highest BCUT2D eigenvalue weighted by Crippen LogP contribution is 2.34. The number of halogens is 5. The van der Waals surface area contributed by atoms with Crippen LogP contribution in [-0.2, 0) is 9.53 Å². The van der Waals surface area contributed by atoms with Crippen LogP contribution in [0, 0.1) is 12.7 Å². The van der Waals surface area contributed by atoms with Gasteiger partial charge in [-0.2, -0.15) is 13.2 Å². The third kappa shape index (κ3) is 6.08. The van der Waals surface area contributed by atoms with Crippen molar-refractivity contribution in [3.05, 3.63) is 58.4 Å². The molecule has 0 amide bonds. The molecule has 1 aliphatic rings. The summed E-state index contributed by atoms with van der Waals surface area (Å²) < 4.78 is 57.5. The van der Waals surface area contributed by atoms with Crippen LogP contribution in [0.3, 0.4) is 0 Å². The highest BCUT2D eigenvalue weighted by Gasteiger charge is 2.32. The largest absolute Gasteiger partial charge is 0.468 e. The lowest BCUT2D eigenvalue weighted by molar-refractivity contribution is -0.147. The van der Waals surface area contributed by atoms with Crippen LogP contribution >= 0.6 is 23.4 Å². The summed E-state index contributed by atoms with van der Waals surface area (Å²) in [5, 5.41) is 0.552. The maximum absolute atomic E-state index is 14.7. The molecule has 1 fully saturated rings. The quantitative estimate of drug-likeness (QED) is 0.304. The molecule has 174 valence electrons. The molecule has 1 heterocycles. The number of thioether (sulfide) groups is 1. The fourth-order valence-electron chi connectivity index (χ4n) is 3.67. The van der Waals surface area contributed by atoms with E-state index >= 15 is 0 Å². The molecule has 0 aliphatic carbocycles. The average molecular weight is 491 g/mol. The van der Waals surface area contributed by atoms with E-state index in [9.17, 15) is 22.4 Å². The van der Waals surface area contributed by atoms with E-state index < -0.39 is 29.8 Å². The normalized spacial score (nSPS) is 16.2. The van der Waals surface area contributed by atoms with Crippen LogP contribution in [-0.4, -0.2) is 56.1 Å². The number of rotatable bonds is 6. The maximum Gasteiger partial charge on any atom is 0.398 e. The van der Waals surface area contributed by atoms with Crippen molar-refractivity contribution >= 4 is 35.0 Å². The van der Waals surface area contributed by atoms with E-state index in [2.05, 4.69) is 0 Å². The number of benzene rings is 2. The first-order valence-corrected chi connectivity index (χ1v) is 11.3. The molecular weight excluding hydrogens is 468 g/mol. The van der Waals surface area contributed by atoms with Crippen molar-refractivity contribution in [2.45, 2.75) is 24.0 Å². The second-order valence-electron chi connectivity index (χ2n) is 7.47. The van der Waals surface area contributed by atoms with E-state index in [0.717, 1.165) is 5.56 Å². The number of ether oxygens (including phenoxy) is 1. The van der Waals surface area contributed by atoms with Gasteiger partial charge in [-0.05, 0) is 42.3 Å². The Hall–Kier alpha value is -1.97. The lowest BCUT2D eigenvalue weighted by atomic mass is 10.0.